The molecule has 8 nitrogen and oxygen atoms in total. The number of aliphatic imine (C=N–C) groups is 1. The van der Waals surface area contributed by atoms with Crippen LogP contribution in [0.2, 0.25) is 5.02 Å². The van der Waals surface area contributed by atoms with Gasteiger partial charge in [-0.3, -0.25) is 4.98 Å². The number of rotatable bonds is 3. The van der Waals surface area contributed by atoms with Gasteiger partial charge >= 0.3 is 0 Å². The summed E-state index contributed by atoms with van der Waals surface area (Å²) in [5.41, 5.74) is 5.58. The molecule has 2 atom stereocenters. The van der Waals surface area contributed by atoms with Crippen molar-refractivity contribution >= 4 is 38.9 Å². The Morgan fingerprint density at radius 3 is 2.96 bits per heavy atom. The van der Waals surface area contributed by atoms with Crippen molar-refractivity contribution in [3.05, 3.63) is 34.4 Å². The first-order valence-corrected chi connectivity index (χ1v) is 10.7. The second-order valence-electron chi connectivity index (χ2n) is 6.31. The van der Waals surface area contributed by atoms with Crippen molar-refractivity contribution in [2.24, 2.45) is 10.7 Å². The molecule has 2 unspecified atom stereocenters. The molecule has 0 radical (unpaired) electrons. The van der Waals surface area contributed by atoms with Crippen LogP contribution in [0.15, 0.2) is 29.5 Å². The Labute approximate surface area is 165 Å². The van der Waals surface area contributed by atoms with Crippen molar-refractivity contribution in [2.75, 3.05) is 27.4 Å². The lowest BCUT2D eigenvalue weighted by Crippen LogP contribution is -2.56. The number of sulfonamides is 1. The van der Waals surface area contributed by atoms with E-state index in [2.05, 4.69) is 9.98 Å². The maximum absolute atomic E-state index is 12.9. The highest BCUT2D eigenvalue weighted by Gasteiger charge is 2.58. The first kappa shape index (κ1) is 18.5. The molecule has 1 saturated heterocycles. The van der Waals surface area contributed by atoms with Crippen molar-refractivity contribution in [3.63, 3.8) is 0 Å². The van der Waals surface area contributed by atoms with Gasteiger partial charge in [-0.1, -0.05) is 11.6 Å². The predicted octanol–water partition coefficient (Wildman–Crippen LogP) is 1.66. The van der Waals surface area contributed by atoms with Crippen LogP contribution in [-0.4, -0.2) is 56.3 Å². The first-order valence-electron chi connectivity index (χ1n) is 7.99. The van der Waals surface area contributed by atoms with Crippen LogP contribution in [0, 0.1) is 0 Å². The summed E-state index contributed by atoms with van der Waals surface area (Å²) in [6, 6.07) is 3.61. The monoisotopic (exact) mass is 428 g/mol. The van der Waals surface area contributed by atoms with Gasteiger partial charge < -0.3 is 15.2 Å². The number of thiophene rings is 1. The molecule has 4 heterocycles. The van der Waals surface area contributed by atoms with E-state index in [1.807, 2.05) is 6.07 Å². The quantitative estimate of drug-likeness (QED) is 0.796. The van der Waals surface area contributed by atoms with Gasteiger partial charge in [-0.15, -0.1) is 11.3 Å². The maximum atomic E-state index is 12.9. The molecular weight excluding hydrogens is 412 g/mol. The number of pyridine rings is 1. The number of methoxy groups -OCH3 is 1. The van der Waals surface area contributed by atoms with E-state index in [4.69, 9.17) is 26.8 Å². The number of hydrogen-bond donors (Lipinski definition) is 1. The van der Waals surface area contributed by atoms with E-state index in [0.717, 1.165) is 14.7 Å². The van der Waals surface area contributed by atoms with Gasteiger partial charge in [0.05, 0.1) is 36.4 Å². The Morgan fingerprint density at radius 2 is 2.22 bits per heavy atom. The molecule has 0 spiro atoms. The number of guanidine groups is 1. The predicted molar refractivity (Wildman–Crippen MR) is 104 cm³/mol. The molecule has 144 valence electrons. The molecule has 2 aliphatic heterocycles. The summed E-state index contributed by atoms with van der Waals surface area (Å²) < 4.78 is 37.5. The third kappa shape index (κ3) is 2.70. The third-order valence-corrected chi connectivity index (χ3v) is 8.77. The van der Waals surface area contributed by atoms with Gasteiger partial charge in [0, 0.05) is 23.7 Å². The van der Waals surface area contributed by atoms with Crippen LogP contribution in [-0.2, 0) is 20.3 Å². The van der Waals surface area contributed by atoms with E-state index < -0.39 is 20.8 Å². The number of ether oxygens (including phenoxy) is 2. The highest BCUT2D eigenvalue weighted by Crippen LogP contribution is 2.49. The lowest BCUT2D eigenvalue weighted by molar-refractivity contribution is 0.179. The molecule has 2 aromatic heterocycles. The highest BCUT2D eigenvalue weighted by atomic mass is 35.5. The van der Waals surface area contributed by atoms with Crippen LogP contribution in [0.1, 0.15) is 4.88 Å². The first-order chi connectivity index (χ1) is 12.8. The summed E-state index contributed by atoms with van der Waals surface area (Å²) in [6.07, 6.45) is 3.30. The molecule has 0 aromatic carbocycles. The van der Waals surface area contributed by atoms with E-state index in [9.17, 15) is 8.42 Å². The third-order valence-electron chi connectivity index (χ3n) is 4.82. The molecule has 11 heteroatoms. The Hall–Kier alpha value is -1.88. The standard InChI is InChI=1S/C16H17ClN4O4S2/c1-21-15(18)20-16(8-25-7-13(16)27(21,22)23)14-11(17)4-12(26-14)9-3-10(24-2)6-19-5-9/h3-6,13H,7-8H2,1-2H3,(H2,18,20). The van der Waals surface area contributed by atoms with Crippen LogP contribution >= 0.6 is 22.9 Å². The second-order valence-corrected chi connectivity index (χ2v) is 9.92. The molecule has 2 N–H and O–H groups in total. The molecule has 2 aromatic rings. The Kier molecular flexibility index (Phi) is 4.34. The molecule has 0 bridgehead atoms. The minimum absolute atomic E-state index is 0.0354. The Balaban J connectivity index is 1.87. The molecule has 27 heavy (non-hydrogen) atoms. The summed E-state index contributed by atoms with van der Waals surface area (Å²) in [6.45, 7) is 0.134. The normalized spacial score (nSPS) is 26.6. The van der Waals surface area contributed by atoms with Crippen molar-refractivity contribution in [3.8, 4) is 16.2 Å². The fraction of sp³-hybridized carbons (Fsp3) is 0.375. The number of aromatic nitrogens is 1. The van der Waals surface area contributed by atoms with Crippen LogP contribution in [0.5, 0.6) is 5.75 Å². The molecule has 1 fully saturated rings. The molecule has 0 saturated carbocycles. The fourth-order valence-electron chi connectivity index (χ4n) is 3.32. The van der Waals surface area contributed by atoms with Gasteiger partial charge in [0.2, 0.25) is 16.0 Å². The average Bonchev–Trinajstić information content (AvgIpc) is 3.25. The smallest absolute Gasteiger partial charge is 0.245 e. The number of nitrogens with zero attached hydrogens (tertiary/aromatic N) is 3. The molecule has 4 rings (SSSR count). The molecule has 2 aliphatic rings. The minimum atomic E-state index is -3.71. The van der Waals surface area contributed by atoms with E-state index in [1.54, 1.807) is 25.6 Å². The van der Waals surface area contributed by atoms with Crippen molar-refractivity contribution in [1.82, 2.24) is 9.29 Å². The van der Waals surface area contributed by atoms with E-state index in [0.29, 0.717) is 15.6 Å². The number of halogens is 1. The Morgan fingerprint density at radius 1 is 1.44 bits per heavy atom. The summed E-state index contributed by atoms with van der Waals surface area (Å²) >= 11 is 7.88. The summed E-state index contributed by atoms with van der Waals surface area (Å²) in [5.74, 6) is 0.536. The van der Waals surface area contributed by atoms with Crippen LogP contribution in [0.4, 0.5) is 0 Å². The highest BCUT2D eigenvalue weighted by molar-refractivity contribution is 7.90. The molecule has 0 amide bonds. The summed E-state index contributed by atoms with van der Waals surface area (Å²) in [7, 11) is -0.757. The number of hydrogen-bond acceptors (Lipinski definition) is 8. The van der Waals surface area contributed by atoms with Gasteiger partial charge in [-0.2, -0.15) is 0 Å². The maximum Gasteiger partial charge on any atom is 0.245 e. The van der Waals surface area contributed by atoms with E-state index in [-0.39, 0.29) is 19.2 Å². The van der Waals surface area contributed by atoms with Gasteiger partial charge in [0.1, 0.15) is 16.5 Å². The van der Waals surface area contributed by atoms with Gasteiger partial charge in [0.25, 0.3) is 0 Å². The Bertz CT molecular complexity index is 1040. The summed E-state index contributed by atoms with van der Waals surface area (Å²) in [5, 5.41) is -0.459. The zero-order chi connectivity index (χ0) is 19.4. The SMILES string of the molecule is COc1cncc(-c2cc(Cl)c(C34COCC3S(=O)(=O)N(C)C(N)=N4)s2)c1. The lowest BCUT2D eigenvalue weighted by atomic mass is 9.96. The van der Waals surface area contributed by atoms with E-state index >= 15 is 0 Å². The van der Waals surface area contributed by atoms with Gasteiger partial charge in [-0.05, 0) is 12.1 Å². The summed E-state index contributed by atoms with van der Waals surface area (Å²) in [4.78, 5) is 10.1. The lowest BCUT2D eigenvalue weighted by Gasteiger charge is -2.37. The fourth-order valence-corrected chi connectivity index (χ4v) is 6.74. The van der Waals surface area contributed by atoms with Gasteiger partial charge in [0.15, 0.2) is 0 Å². The number of fused-ring (bicyclic) bond motifs is 1. The molecule has 0 aliphatic carbocycles. The van der Waals surface area contributed by atoms with E-state index in [1.165, 1.54) is 18.4 Å². The van der Waals surface area contributed by atoms with Crippen LogP contribution in [0.3, 0.4) is 0 Å². The zero-order valence-corrected chi connectivity index (χ0v) is 16.9. The average molecular weight is 429 g/mol. The zero-order valence-electron chi connectivity index (χ0n) is 14.5. The van der Waals surface area contributed by atoms with Crippen LogP contribution in [0.25, 0.3) is 10.4 Å². The van der Waals surface area contributed by atoms with Crippen LogP contribution < -0.4 is 10.5 Å². The van der Waals surface area contributed by atoms with Crippen molar-refractivity contribution in [2.45, 2.75) is 10.8 Å². The second kappa shape index (κ2) is 6.33. The number of nitrogens with two attached hydrogens (primary N) is 1. The topological polar surface area (TPSA) is 107 Å². The van der Waals surface area contributed by atoms with Crippen molar-refractivity contribution < 1.29 is 17.9 Å². The largest absolute Gasteiger partial charge is 0.495 e. The minimum Gasteiger partial charge on any atom is -0.495 e. The van der Waals surface area contributed by atoms with Crippen molar-refractivity contribution in [1.29, 1.82) is 0 Å². The van der Waals surface area contributed by atoms with Gasteiger partial charge in [-0.25, -0.2) is 17.7 Å². The molecular formula is C16H17ClN4O4S2.